The third-order valence-electron chi connectivity index (χ3n) is 4.06. The van der Waals surface area contributed by atoms with E-state index in [2.05, 4.69) is 26.3 Å². The first-order valence-electron chi connectivity index (χ1n) is 8.73. The molecule has 0 aliphatic rings. The molecule has 0 aliphatic carbocycles. The Hall–Kier alpha value is -1.73. The number of carbonyl (C=O) groups is 1. The van der Waals surface area contributed by atoms with Gasteiger partial charge in [0.1, 0.15) is 6.61 Å². The maximum absolute atomic E-state index is 12.5. The van der Waals surface area contributed by atoms with Crippen LogP contribution in [0.3, 0.4) is 0 Å². The fraction of sp³-hybridized carbons (Fsp3) is 0.200. The number of aromatic nitrogens is 2. The average molecular weight is 518 g/mol. The predicted molar refractivity (Wildman–Crippen MR) is 119 cm³/mol. The van der Waals surface area contributed by atoms with Crippen molar-refractivity contribution in [3.8, 4) is 5.75 Å². The first kappa shape index (κ1) is 22.0. The van der Waals surface area contributed by atoms with Crippen molar-refractivity contribution in [3.05, 3.63) is 79.0 Å². The van der Waals surface area contributed by atoms with E-state index in [1.807, 2.05) is 19.2 Å². The normalized spacial score (nSPS) is 10.8. The Balaban J connectivity index is 1.64. The molecule has 0 spiro atoms. The molecule has 1 N–H and O–H groups in total. The number of nitrogens with zero attached hydrogens (tertiary/aromatic N) is 2. The zero-order valence-corrected chi connectivity index (χ0v) is 19.2. The van der Waals surface area contributed by atoms with E-state index in [0.717, 1.165) is 22.3 Å². The number of hydrogen-bond donors (Lipinski definition) is 1. The molecule has 29 heavy (non-hydrogen) atoms. The monoisotopic (exact) mass is 515 g/mol. The Labute approximate surface area is 192 Å². The molecule has 0 saturated carbocycles. The van der Waals surface area contributed by atoms with Gasteiger partial charge in [0.25, 0.3) is 5.91 Å². The van der Waals surface area contributed by atoms with Crippen molar-refractivity contribution < 1.29 is 9.53 Å². The maximum Gasteiger partial charge on any atom is 0.251 e. The quantitative estimate of drug-likeness (QED) is 0.410. The van der Waals surface area contributed by atoms with Crippen LogP contribution in [0.2, 0.25) is 15.1 Å². The summed E-state index contributed by atoms with van der Waals surface area (Å²) >= 11 is 21.6. The van der Waals surface area contributed by atoms with Crippen molar-refractivity contribution in [2.45, 2.75) is 26.6 Å². The van der Waals surface area contributed by atoms with Crippen LogP contribution in [0.4, 0.5) is 0 Å². The Bertz CT molecular complexity index is 1020. The molecule has 5 nitrogen and oxygen atoms in total. The van der Waals surface area contributed by atoms with E-state index in [1.165, 1.54) is 0 Å². The highest BCUT2D eigenvalue weighted by molar-refractivity contribution is 9.10. The lowest BCUT2D eigenvalue weighted by Gasteiger charge is -2.11. The summed E-state index contributed by atoms with van der Waals surface area (Å²) in [4.78, 5) is 12.5. The van der Waals surface area contributed by atoms with Crippen molar-refractivity contribution in [3.63, 3.8) is 0 Å². The molecule has 0 radical (unpaired) electrons. The SMILES string of the molecule is CCn1cc(Br)c(CNC(=O)c2cccc(COc3c(Cl)cc(Cl)cc3Cl)c2)n1. The molecular weight excluding hydrogens is 501 g/mol. The second kappa shape index (κ2) is 9.85. The molecule has 3 aromatic rings. The zero-order chi connectivity index (χ0) is 21.0. The Morgan fingerprint density at radius 3 is 2.59 bits per heavy atom. The number of nitrogens with one attached hydrogen (secondary N) is 1. The fourth-order valence-electron chi connectivity index (χ4n) is 2.61. The van der Waals surface area contributed by atoms with Crippen molar-refractivity contribution in [1.82, 2.24) is 15.1 Å². The minimum atomic E-state index is -0.202. The zero-order valence-electron chi connectivity index (χ0n) is 15.4. The Morgan fingerprint density at radius 2 is 1.93 bits per heavy atom. The molecule has 1 aromatic heterocycles. The summed E-state index contributed by atoms with van der Waals surface area (Å²) in [7, 11) is 0. The highest BCUT2D eigenvalue weighted by atomic mass is 79.9. The van der Waals surface area contributed by atoms with Gasteiger partial charge >= 0.3 is 0 Å². The largest absolute Gasteiger partial charge is 0.486 e. The lowest BCUT2D eigenvalue weighted by Crippen LogP contribution is -2.23. The summed E-state index contributed by atoms with van der Waals surface area (Å²) in [6, 6.07) is 10.3. The highest BCUT2D eigenvalue weighted by Crippen LogP contribution is 2.36. The average Bonchev–Trinajstić information content (AvgIpc) is 3.05. The number of rotatable bonds is 7. The number of hydrogen-bond acceptors (Lipinski definition) is 3. The number of carbonyl (C=O) groups excluding carboxylic acids is 1. The van der Waals surface area contributed by atoms with Crippen molar-refractivity contribution in [1.29, 1.82) is 0 Å². The standard InChI is InChI=1S/C20H17BrCl3N3O2/c1-2-27-10-15(21)18(26-27)9-25-20(28)13-5-3-4-12(6-13)11-29-19-16(23)7-14(22)8-17(19)24/h3-8,10H,2,9,11H2,1H3,(H,25,28). The molecule has 1 heterocycles. The summed E-state index contributed by atoms with van der Waals surface area (Å²) in [6.45, 7) is 3.29. The van der Waals surface area contributed by atoms with E-state index in [9.17, 15) is 4.79 Å². The van der Waals surface area contributed by atoms with Gasteiger partial charge in [-0.05, 0) is 52.7 Å². The van der Waals surface area contributed by atoms with Crippen LogP contribution in [-0.2, 0) is 19.7 Å². The summed E-state index contributed by atoms with van der Waals surface area (Å²) < 4.78 is 8.39. The van der Waals surface area contributed by atoms with Crippen LogP contribution >= 0.6 is 50.7 Å². The van der Waals surface area contributed by atoms with Crippen molar-refractivity contribution in [2.24, 2.45) is 0 Å². The lowest BCUT2D eigenvalue weighted by atomic mass is 10.1. The van der Waals surface area contributed by atoms with Crippen LogP contribution in [0.25, 0.3) is 0 Å². The van der Waals surface area contributed by atoms with Crippen LogP contribution < -0.4 is 10.1 Å². The molecule has 2 aromatic carbocycles. The van der Waals surface area contributed by atoms with Gasteiger partial charge in [0, 0.05) is 23.3 Å². The van der Waals surface area contributed by atoms with Gasteiger partial charge in [-0.15, -0.1) is 0 Å². The Kier molecular flexibility index (Phi) is 7.46. The van der Waals surface area contributed by atoms with Crippen LogP contribution in [0.5, 0.6) is 5.75 Å². The van der Waals surface area contributed by atoms with Crippen molar-refractivity contribution >= 4 is 56.6 Å². The molecule has 0 atom stereocenters. The smallest absolute Gasteiger partial charge is 0.251 e. The number of amides is 1. The second-order valence-electron chi connectivity index (χ2n) is 6.15. The third-order valence-corrected chi connectivity index (χ3v) is 5.51. The van der Waals surface area contributed by atoms with E-state index >= 15 is 0 Å². The first-order valence-corrected chi connectivity index (χ1v) is 10.7. The van der Waals surface area contributed by atoms with Crippen LogP contribution in [0.15, 0.2) is 47.1 Å². The van der Waals surface area contributed by atoms with E-state index < -0.39 is 0 Å². The minimum absolute atomic E-state index is 0.202. The van der Waals surface area contributed by atoms with Gasteiger partial charge < -0.3 is 10.1 Å². The highest BCUT2D eigenvalue weighted by Gasteiger charge is 2.12. The van der Waals surface area contributed by atoms with Gasteiger partial charge in [-0.1, -0.05) is 46.9 Å². The number of aryl methyl sites for hydroxylation is 1. The van der Waals surface area contributed by atoms with E-state index in [0.29, 0.717) is 32.9 Å². The van der Waals surface area contributed by atoms with Crippen molar-refractivity contribution in [2.75, 3.05) is 0 Å². The number of halogens is 4. The second-order valence-corrected chi connectivity index (χ2v) is 8.25. The van der Waals surface area contributed by atoms with Gasteiger partial charge in [0.15, 0.2) is 5.75 Å². The molecule has 0 unspecified atom stereocenters. The molecule has 3 rings (SSSR count). The predicted octanol–water partition coefficient (Wildman–Crippen LogP) is 6.13. The van der Waals surface area contributed by atoms with Gasteiger partial charge in [-0.3, -0.25) is 9.48 Å². The summed E-state index contributed by atoms with van der Waals surface area (Å²) in [5.41, 5.74) is 2.09. The molecule has 9 heteroatoms. The van der Waals surface area contributed by atoms with Crippen LogP contribution in [-0.4, -0.2) is 15.7 Å². The maximum atomic E-state index is 12.5. The molecule has 0 fully saturated rings. The minimum Gasteiger partial charge on any atom is -0.486 e. The summed E-state index contributed by atoms with van der Waals surface area (Å²) in [5, 5.41) is 8.36. The molecule has 0 bridgehead atoms. The van der Waals surface area contributed by atoms with Crippen LogP contribution in [0, 0.1) is 0 Å². The molecular formula is C20H17BrCl3N3O2. The van der Waals surface area contributed by atoms with Gasteiger partial charge in [-0.25, -0.2) is 0 Å². The lowest BCUT2D eigenvalue weighted by molar-refractivity contribution is 0.0950. The molecule has 0 aliphatic heterocycles. The van der Waals surface area contributed by atoms with Crippen LogP contribution in [0.1, 0.15) is 28.5 Å². The third kappa shape index (κ3) is 5.66. The van der Waals surface area contributed by atoms with Gasteiger partial charge in [-0.2, -0.15) is 5.10 Å². The van der Waals surface area contributed by atoms with E-state index in [4.69, 9.17) is 39.5 Å². The van der Waals surface area contributed by atoms with E-state index in [1.54, 1.807) is 35.0 Å². The summed E-state index contributed by atoms with van der Waals surface area (Å²) in [6.07, 6.45) is 1.88. The van der Waals surface area contributed by atoms with Gasteiger partial charge in [0.2, 0.25) is 0 Å². The number of benzene rings is 2. The summed E-state index contributed by atoms with van der Waals surface area (Å²) in [5.74, 6) is 0.149. The fourth-order valence-corrected chi connectivity index (χ4v) is 3.99. The molecule has 152 valence electrons. The number of ether oxygens (including phenoxy) is 1. The molecule has 0 saturated heterocycles. The molecule has 1 amide bonds. The first-order chi connectivity index (χ1) is 13.9. The van der Waals surface area contributed by atoms with Gasteiger partial charge in [0.05, 0.1) is 26.8 Å². The topological polar surface area (TPSA) is 56.2 Å². The van der Waals surface area contributed by atoms with E-state index in [-0.39, 0.29) is 12.5 Å². The Morgan fingerprint density at radius 1 is 1.21 bits per heavy atom.